The summed E-state index contributed by atoms with van der Waals surface area (Å²) in [7, 11) is 0. The van der Waals surface area contributed by atoms with Crippen LogP contribution in [0.3, 0.4) is 0 Å². The van der Waals surface area contributed by atoms with Crippen molar-refractivity contribution in [1.29, 1.82) is 0 Å². The fourth-order valence-corrected chi connectivity index (χ4v) is 2.94. The van der Waals surface area contributed by atoms with Gasteiger partial charge in [0.25, 0.3) is 0 Å². The predicted molar refractivity (Wildman–Crippen MR) is 80.6 cm³/mol. The van der Waals surface area contributed by atoms with Gasteiger partial charge in [-0.2, -0.15) is 0 Å². The van der Waals surface area contributed by atoms with E-state index in [2.05, 4.69) is 46.5 Å². The summed E-state index contributed by atoms with van der Waals surface area (Å²) in [5, 5.41) is 3.59. The Morgan fingerprint density at radius 1 is 1.15 bits per heavy atom. The molecule has 1 aromatic heterocycles. The summed E-state index contributed by atoms with van der Waals surface area (Å²) in [6, 6.07) is 11.3. The largest absolute Gasteiger partial charge is 0.308 e. The molecule has 20 heavy (non-hydrogen) atoms. The van der Waals surface area contributed by atoms with Crippen LogP contribution in [0.5, 0.6) is 0 Å². The topological polar surface area (TPSA) is 37.8 Å². The van der Waals surface area contributed by atoms with Crippen molar-refractivity contribution >= 4 is 0 Å². The molecule has 104 valence electrons. The minimum atomic E-state index is 0.620. The molecule has 0 unspecified atom stereocenters. The molecule has 1 heterocycles. The number of hydrogen-bond acceptors (Lipinski definition) is 3. The summed E-state index contributed by atoms with van der Waals surface area (Å²) in [4.78, 5) is 8.54. The summed E-state index contributed by atoms with van der Waals surface area (Å²) >= 11 is 0. The van der Waals surface area contributed by atoms with Crippen LogP contribution in [-0.2, 0) is 6.54 Å². The molecule has 3 nitrogen and oxygen atoms in total. The maximum atomic E-state index is 4.42. The highest BCUT2D eigenvalue weighted by molar-refractivity contribution is 5.31. The molecule has 0 bridgehead atoms. The van der Waals surface area contributed by atoms with E-state index in [9.17, 15) is 0 Å². The highest BCUT2D eigenvalue weighted by Crippen LogP contribution is 2.38. The van der Waals surface area contributed by atoms with E-state index in [0.29, 0.717) is 6.04 Å². The van der Waals surface area contributed by atoms with E-state index in [4.69, 9.17) is 0 Å². The Morgan fingerprint density at radius 2 is 1.95 bits per heavy atom. The Labute approximate surface area is 120 Å². The van der Waals surface area contributed by atoms with Crippen LogP contribution in [-0.4, -0.2) is 16.0 Å². The molecule has 0 radical (unpaired) electrons. The smallest absolute Gasteiger partial charge is 0.125 e. The normalized spacial score (nSPS) is 21.5. The zero-order chi connectivity index (χ0) is 13.9. The van der Waals surface area contributed by atoms with Gasteiger partial charge in [-0.1, -0.05) is 24.3 Å². The molecule has 0 amide bonds. The summed E-state index contributed by atoms with van der Waals surface area (Å²) in [5.74, 6) is 1.57. The summed E-state index contributed by atoms with van der Waals surface area (Å²) < 4.78 is 0. The van der Waals surface area contributed by atoms with Crippen LogP contribution in [0.1, 0.15) is 41.4 Å². The van der Waals surface area contributed by atoms with Gasteiger partial charge in [0.15, 0.2) is 0 Å². The second-order valence-corrected chi connectivity index (χ2v) is 5.70. The number of nitrogens with one attached hydrogen (secondary N) is 1. The van der Waals surface area contributed by atoms with Crippen LogP contribution in [0.15, 0.2) is 36.5 Å². The molecule has 1 N–H and O–H groups in total. The number of benzene rings is 1. The quantitative estimate of drug-likeness (QED) is 0.925. The Hall–Kier alpha value is -1.74. The average molecular weight is 267 g/mol. The number of nitrogens with zero attached hydrogens (tertiary/aromatic N) is 2. The number of aromatic nitrogens is 2. The van der Waals surface area contributed by atoms with Gasteiger partial charge in [-0.05, 0) is 49.8 Å². The molecule has 1 aromatic carbocycles. The van der Waals surface area contributed by atoms with Gasteiger partial charge in [-0.15, -0.1) is 0 Å². The first-order valence-corrected chi connectivity index (χ1v) is 7.30. The number of aryl methyl sites for hydroxylation is 2. The van der Waals surface area contributed by atoms with E-state index in [0.717, 1.165) is 24.0 Å². The van der Waals surface area contributed by atoms with Crippen LogP contribution in [0.25, 0.3) is 0 Å². The third kappa shape index (κ3) is 2.88. The average Bonchev–Trinajstić information content (AvgIpc) is 2.39. The summed E-state index contributed by atoms with van der Waals surface area (Å²) in [6.07, 6.45) is 4.29. The van der Waals surface area contributed by atoms with E-state index in [-0.39, 0.29) is 0 Å². The van der Waals surface area contributed by atoms with Gasteiger partial charge < -0.3 is 5.32 Å². The van der Waals surface area contributed by atoms with Gasteiger partial charge in [0.2, 0.25) is 0 Å². The molecule has 1 saturated carbocycles. The first kappa shape index (κ1) is 13.3. The lowest BCUT2D eigenvalue weighted by molar-refractivity contribution is 0.288. The van der Waals surface area contributed by atoms with Gasteiger partial charge in [0.05, 0.1) is 5.69 Å². The monoisotopic (exact) mass is 267 g/mol. The third-order valence-corrected chi connectivity index (χ3v) is 4.17. The number of rotatable bonds is 4. The Bertz CT molecular complexity index is 588. The second kappa shape index (κ2) is 5.71. The predicted octanol–water partition coefficient (Wildman–Crippen LogP) is 3.13. The van der Waals surface area contributed by atoms with E-state index in [1.54, 1.807) is 0 Å². The fraction of sp³-hybridized carbons (Fsp3) is 0.412. The van der Waals surface area contributed by atoms with Gasteiger partial charge in [0, 0.05) is 18.8 Å². The van der Waals surface area contributed by atoms with Crippen molar-refractivity contribution in [2.24, 2.45) is 0 Å². The number of hydrogen-bond donors (Lipinski definition) is 1. The van der Waals surface area contributed by atoms with Gasteiger partial charge >= 0.3 is 0 Å². The summed E-state index contributed by atoms with van der Waals surface area (Å²) in [6.45, 7) is 4.98. The van der Waals surface area contributed by atoms with Crippen LogP contribution in [0.2, 0.25) is 0 Å². The Morgan fingerprint density at radius 3 is 2.70 bits per heavy atom. The van der Waals surface area contributed by atoms with Crippen molar-refractivity contribution in [1.82, 2.24) is 15.3 Å². The molecule has 0 saturated heterocycles. The molecule has 1 aliphatic carbocycles. The first-order chi connectivity index (χ1) is 9.72. The van der Waals surface area contributed by atoms with E-state index in [1.165, 1.54) is 24.0 Å². The molecule has 0 spiro atoms. The van der Waals surface area contributed by atoms with E-state index >= 15 is 0 Å². The molecule has 1 aliphatic rings. The summed E-state index contributed by atoms with van der Waals surface area (Å²) in [5.41, 5.74) is 4.02. The third-order valence-electron chi connectivity index (χ3n) is 4.17. The van der Waals surface area contributed by atoms with Crippen LogP contribution < -0.4 is 5.32 Å². The van der Waals surface area contributed by atoms with E-state index in [1.807, 2.05) is 19.2 Å². The second-order valence-electron chi connectivity index (χ2n) is 5.70. The standard InChI is InChI=1S/C17H21N3/c1-12-5-3-4-6-17(12)14-9-16(10-14)19-11-15-7-8-18-13(2)20-15/h3-8,14,16,19H,9-11H2,1-2H3. The minimum absolute atomic E-state index is 0.620. The highest BCUT2D eigenvalue weighted by Gasteiger charge is 2.30. The van der Waals surface area contributed by atoms with Gasteiger partial charge in [-0.3, -0.25) is 0 Å². The van der Waals surface area contributed by atoms with Crippen LogP contribution in [0.4, 0.5) is 0 Å². The Kier molecular flexibility index (Phi) is 3.79. The minimum Gasteiger partial charge on any atom is -0.308 e. The molecule has 3 rings (SSSR count). The van der Waals surface area contributed by atoms with Crippen molar-refractivity contribution < 1.29 is 0 Å². The molecule has 0 atom stereocenters. The van der Waals surface area contributed by atoms with E-state index < -0.39 is 0 Å². The van der Waals surface area contributed by atoms with Crippen molar-refractivity contribution in [3.8, 4) is 0 Å². The van der Waals surface area contributed by atoms with Crippen molar-refractivity contribution in [3.63, 3.8) is 0 Å². The molecule has 3 heteroatoms. The van der Waals surface area contributed by atoms with Crippen LogP contribution in [0, 0.1) is 13.8 Å². The SMILES string of the molecule is Cc1nccc(CNC2CC(c3ccccc3C)C2)n1. The lowest BCUT2D eigenvalue weighted by Gasteiger charge is -2.37. The molecule has 2 aromatic rings. The van der Waals surface area contributed by atoms with Gasteiger partial charge in [-0.25, -0.2) is 9.97 Å². The zero-order valence-corrected chi connectivity index (χ0v) is 12.1. The lowest BCUT2D eigenvalue weighted by atomic mass is 9.74. The van der Waals surface area contributed by atoms with Crippen LogP contribution >= 0.6 is 0 Å². The fourth-order valence-electron chi connectivity index (χ4n) is 2.94. The molecule has 1 fully saturated rings. The first-order valence-electron chi connectivity index (χ1n) is 7.30. The van der Waals surface area contributed by atoms with Crippen molar-refractivity contribution in [3.05, 3.63) is 59.2 Å². The van der Waals surface area contributed by atoms with Crippen molar-refractivity contribution in [2.75, 3.05) is 0 Å². The lowest BCUT2D eigenvalue weighted by Crippen LogP contribution is -2.40. The highest BCUT2D eigenvalue weighted by atomic mass is 15.0. The maximum Gasteiger partial charge on any atom is 0.125 e. The molecular weight excluding hydrogens is 246 g/mol. The Balaban J connectivity index is 1.50. The zero-order valence-electron chi connectivity index (χ0n) is 12.1. The van der Waals surface area contributed by atoms with Crippen molar-refractivity contribution in [2.45, 2.75) is 45.2 Å². The molecule has 0 aliphatic heterocycles. The van der Waals surface area contributed by atoms with Gasteiger partial charge in [0.1, 0.15) is 5.82 Å². The molecular formula is C17H21N3. The maximum absolute atomic E-state index is 4.42.